The maximum Gasteiger partial charge on any atom is 0.240 e. The van der Waals surface area contributed by atoms with Gasteiger partial charge in [0.05, 0.1) is 12.5 Å². The summed E-state index contributed by atoms with van der Waals surface area (Å²) in [5.41, 5.74) is 0. The smallest absolute Gasteiger partial charge is 0.240 e. The number of nitrogens with one attached hydrogen (secondary N) is 2. The van der Waals surface area contributed by atoms with Gasteiger partial charge in [0.1, 0.15) is 0 Å². The molecular formula is C10H17N3O2. The Balaban J connectivity index is 2.54. The predicted molar refractivity (Wildman–Crippen MR) is 57.3 cm³/mol. The summed E-state index contributed by atoms with van der Waals surface area (Å²) in [6.07, 6.45) is 1.89. The average molecular weight is 211 g/mol. The Morgan fingerprint density at radius 1 is 1.80 bits per heavy atom. The number of nitrogens with zero attached hydrogens (tertiary/aromatic N) is 1. The SMILES string of the molecule is C=CCN1CCNC(CC(=O)NC)C1=O. The molecule has 0 aromatic rings. The zero-order chi connectivity index (χ0) is 11.3. The van der Waals surface area contributed by atoms with Crippen LogP contribution in [0.15, 0.2) is 12.7 Å². The molecule has 1 unspecified atom stereocenters. The van der Waals surface area contributed by atoms with Crippen molar-refractivity contribution in [1.29, 1.82) is 0 Å². The fourth-order valence-corrected chi connectivity index (χ4v) is 1.58. The van der Waals surface area contributed by atoms with E-state index in [0.29, 0.717) is 13.1 Å². The van der Waals surface area contributed by atoms with Crippen LogP contribution in [0.4, 0.5) is 0 Å². The predicted octanol–water partition coefficient (Wildman–Crippen LogP) is -0.891. The second kappa shape index (κ2) is 5.50. The number of piperazine rings is 1. The van der Waals surface area contributed by atoms with Crippen molar-refractivity contribution in [2.24, 2.45) is 0 Å². The number of carbonyl (C=O) groups excluding carboxylic acids is 2. The minimum Gasteiger partial charge on any atom is -0.359 e. The molecule has 0 saturated carbocycles. The molecule has 1 rings (SSSR count). The summed E-state index contributed by atoms with van der Waals surface area (Å²) in [5.74, 6) is -0.147. The molecule has 84 valence electrons. The molecule has 1 aliphatic heterocycles. The van der Waals surface area contributed by atoms with Gasteiger partial charge in [-0.05, 0) is 0 Å². The molecule has 0 radical (unpaired) electrons. The van der Waals surface area contributed by atoms with E-state index in [1.807, 2.05) is 0 Å². The van der Waals surface area contributed by atoms with E-state index in [9.17, 15) is 9.59 Å². The normalized spacial score (nSPS) is 21.3. The number of amides is 2. The van der Waals surface area contributed by atoms with Gasteiger partial charge in [0.15, 0.2) is 0 Å². The van der Waals surface area contributed by atoms with Gasteiger partial charge in [0, 0.05) is 26.7 Å². The first-order valence-electron chi connectivity index (χ1n) is 5.02. The molecule has 5 nitrogen and oxygen atoms in total. The van der Waals surface area contributed by atoms with Gasteiger partial charge < -0.3 is 15.5 Å². The molecular weight excluding hydrogens is 194 g/mol. The molecule has 1 fully saturated rings. The highest BCUT2D eigenvalue weighted by molar-refractivity contribution is 5.88. The largest absolute Gasteiger partial charge is 0.359 e. The Morgan fingerprint density at radius 3 is 3.13 bits per heavy atom. The maximum absolute atomic E-state index is 11.8. The molecule has 0 aliphatic carbocycles. The van der Waals surface area contributed by atoms with Gasteiger partial charge in [-0.25, -0.2) is 0 Å². The van der Waals surface area contributed by atoms with Gasteiger partial charge in [-0.1, -0.05) is 6.08 Å². The molecule has 5 heteroatoms. The highest BCUT2D eigenvalue weighted by Gasteiger charge is 2.28. The minimum atomic E-state index is -0.390. The van der Waals surface area contributed by atoms with E-state index in [1.165, 1.54) is 0 Å². The van der Waals surface area contributed by atoms with Gasteiger partial charge in [-0.2, -0.15) is 0 Å². The number of hydrogen-bond donors (Lipinski definition) is 2. The summed E-state index contributed by atoms with van der Waals surface area (Å²) in [5, 5.41) is 5.55. The van der Waals surface area contributed by atoms with Crippen LogP contribution in [-0.4, -0.2) is 49.4 Å². The Labute approximate surface area is 89.5 Å². The van der Waals surface area contributed by atoms with Gasteiger partial charge in [0.2, 0.25) is 11.8 Å². The van der Waals surface area contributed by atoms with E-state index < -0.39 is 6.04 Å². The number of hydrogen-bond acceptors (Lipinski definition) is 3. The number of carbonyl (C=O) groups is 2. The van der Waals surface area contributed by atoms with Crippen LogP contribution in [0.1, 0.15) is 6.42 Å². The van der Waals surface area contributed by atoms with Crippen molar-refractivity contribution in [3.63, 3.8) is 0 Å². The monoisotopic (exact) mass is 211 g/mol. The third-order valence-electron chi connectivity index (χ3n) is 2.40. The van der Waals surface area contributed by atoms with Gasteiger partial charge >= 0.3 is 0 Å². The summed E-state index contributed by atoms with van der Waals surface area (Å²) in [7, 11) is 1.57. The lowest BCUT2D eigenvalue weighted by Gasteiger charge is -2.32. The van der Waals surface area contributed by atoms with Crippen molar-refractivity contribution in [2.45, 2.75) is 12.5 Å². The molecule has 0 spiro atoms. The lowest BCUT2D eigenvalue weighted by atomic mass is 10.1. The topological polar surface area (TPSA) is 61.4 Å². The van der Waals surface area contributed by atoms with Crippen LogP contribution in [0, 0.1) is 0 Å². The molecule has 15 heavy (non-hydrogen) atoms. The van der Waals surface area contributed by atoms with Crippen molar-refractivity contribution < 1.29 is 9.59 Å². The third-order valence-corrected chi connectivity index (χ3v) is 2.40. The number of rotatable bonds is 4. The van der Waals surface area contributed by atoms with Crippen molar-refractivity contribution >= 4 is 11.8 Å². The summed E-state index contributed by atoms with van der Waals surface area (Å²) >= 11 is 0. The summed E-state index contributed by atoms with van der Waals surface area (Å²) in [4.78, 5) is 24.7. The van der Waals surface area contributed by atoms with E-state index in [-0.39, 0.29) is 18.2 Å². The molecule has 0 aromatic carbocycles. The fourth-order valence-electron chi connectivity index (χ4n) is 1.58. The molecule has 0 bridgehead atoms. The van der Waals surface area contributed by atoms with Gasteiger partial charge in [-0.3, -0.25) is 9.59 Å². The van der Waals surface area contributed by atoms with Crippen molar-refractivity contribution in [2.75, 3.05) is 26.7 Å². The molecule has 0 aromatic heterocycles. The van der Waals surface area contributed by atoms with E-state index in [0.717, 1.165) is 6.54 Å². The third kappa shape index (κ3) is 3.06. The van der Waals surface area contributed by atoms with Crippen LogP contribution in [0.5, 0.6) is 0 Å². The molecule has 2 N–H and O–H groups in total. The van der Waals surface area contributed by atoms with Crippen LogP contribution in [0.3, 0.4) is 0 Å². The Hall–Kier alpha value is -1.36. The lowest BCUT2D eigenvalue weighted by Crippen LogP contribution is -2.56. The lowest BCUT2D eigenvalue weighted by molar-refractivity contribution is -0.137. The van der Waals surface area contributed by atoms with Gasteiger partial charge in [-0.15, -0.1) is 6.58 Å². The zero-order valence-corrected chi connectivity index (χ0v) is 8.95. The standard InChI is InChI=1S/C10H17N3O2/c1-3-5-13-6-4-12-8(10(13)15)7-9(14)11-2/h3,8,12H,1,4-7H2,2H3,(H,11,14). The van der Waals surface area contributed by atoms with Crippen LogP contribution < -0.4 is 10.6 Å². The first-order valence-corrected chi connectivity index (χ1v) is 5.02. The Morgan fingerprint density at radius 2 is 2.53 bits per heavy atom. The summed E-state index contributed by atoms with van der Waals surface area (Å²) < 4.78 is 0. The Bertz CT molecular complexity index is 265. The fraction of sp³-hybridized carbons (Fsp3) is 0.600. The minimum absolute atomic E-state index is 0.0234. The molecule has 1 saturated heterocycles. The molecule has 1 heterocycles. The highest BCUT2D eigenvalue weighted by Crippen LogP contribution is 2.04. The summed E-state index contributed by atoms with van der Waals surface area (Å²) in [6.45, 7) is 5.54. The van der Waals surface area contributed by atoms with Gasteiger partial charge in [0.25, 0.3) is 0 Å². The van der Waals surface area contributed by atoms with Crippen molar-refractivity contribution in [1.82, 2.24) is 15.5 Å². The summed E-state index contributed by atoms with van der Waals surface area (Å²) in [6, 6.07) is -0.390. The van der Waals surface area contributed by atoms with E-state index in [4.69, 9.17) is 0 Å². The van der Waals surface area contributed by atoms with Crippen LogP contribution in [0.2, 0.25) is 0 Å². The maximum atomic E-state index is 11.8. The second-order valence-corrected chi connectivity index (χ2v) is 3.46. The second-order valence-electron chi connectivity index (χ2n) is 3.46. The quantitative estimate of drug-likeness (QED) is 0.593. The van der Waals surface area contributed by atoms with Crippen molar-refractivity contribution in [3.8, 4) is 0 Å². The molecule has 1 atom stereocenters. The molecule has 1 aliphatic rings. The van der Waals surface area contributed by atoms with E-state index in [1.54, 1.807) is 18.0 Å². The van der Waals surface area contributed by atoms with E-state index in [2.05, 4.69) is 17.2 Å². The van der Waals surface area contributed by atoms with Crippen LogP contribution in [0.25, 0.3) is 0 Å². The van der Waals surface area contributed by atoms with Crippen molar-refractivity contribution in [3.05, 3.63) is 12.7 Å². The molecule has 2 amide bonds. The average Bonchev–Trinajstić information content (AvgIpc) is 2.24. The van der Waals surface area contributed by atoms with Crippen LogP contribution >= 0.6 is 0 Å². The zero-order valence-electron chi connectivity index (χ0n) is 8.95. The Kier molecular flexibility index (Phi) is 4.30. The van der Waals surface area contributed by atoms with E-state index >= 15 is 0 Å². The van der Waals surface area contributed by atoms with Crippen LogP contribution in [-0.2, 0) is 9.59 Å². The first-order chi connectivity index (χ1) is 7.19. The first kappa shape index (κ1) is 11.7. The highest BCUT2D eigenvalue weighted by atomic mass is 16.2.